The first-order valence-electron chi connectivity index (χ1n) is 14.9. The number of aryl methyl sites for hydroxylation is 2. The summed E-state index contributed by atoms with van der Waals surface area (Å²) in [6.07, 6.45) is 13.2. The van der Waals surface area contributed by atoms with E-state index >= 15 is 0 Å². The molecule has 0 saturated heterocycles. The molecular weight excluding hydrogens is 476 g/mol. The van der Waals surface area contributed by atoms with Crippen molar-refractivity contribution in [3.8, 4) is 0 Å². The molecule has 0 aromatic heterocycles. The predicted molar refractivity (Wildman–Crippen MR) is 176 cm³/mol. The molecule has 0 spiro atoms. The van der Waals surface area contributed by atoms with Gasteiger partial charge in [-0.25, -0.2) is 0 Å². The second-order valence-corrected chi connectivity index (χ2v) is 11.1. The maximum absolute atomic E-state index is 8.94. The van der Waals surface area contributed by atoms with E-state index in [1.165, 1.54) is 53.5 Å². The summed E-state index contributed by atoms with van der Waals surface area (Å²) < 4.78 is 0. The van der Waals surface area contributed by atoms with Crippen LogP contribution in [-0.4, -0.2) is 10.6 Å². The van der Waals surface area contributed by atoms with Gasteiger partial charge in [-0.15, -0.1) is 0 Å². The first-order valence-corrected chi connectivity index (χ1v) is 14.9. The maximum Gasteiger partial charge on any atom is 0.0925 e. The third kappa shape index (κ3) is 17.6. The van der Waals surface area contributed by atoms with Crippen molar-refractivity contribution in [3.63, 3.8) is 0 Å². The van der Waals surface area contributed by atoms with Crippen LogP contribution in [0.1, 0.15) is 122 Å². The van der Waals surface area contributed by atoms with E-state index in [2.05, 4.69) is 91.4 Å². The lowest BCUT2D eigenvalue weighted by Gasteiger charge is -2.27. The van der Waals surface area contributed by atoms with Crippen LogP contribution in [0.3, 0.4) is 0 Å². The molecule has 1 atom stereocenters. The first-order chi connectivity index (χ1) is 18.1. The van der Waals surface area contributed by atoms with Gasteiger partial charge in [0.15, 0.2) is 0 Å². The van der Waals surface area contributed by atoms with Crippen molar-refractivity contribution in [2.45, 2.75) is 120 Å². The Balaban J connectivity index is 0. The molecule has 0 amide bonds. The zero-order valence-corrected chi connectivity index (χ0v) is 26.7. The molecule has 0 bridgehead atoms. The molecule has 2 aromatic carbocycles. The van der Waals surface area contributed by atoms with Gasteiger partial charge >= 0.3 is 0 Å². The van der Waals surface area contributed by atoms with Crippen molar-refractivity contribution in [3.05, 3.63) is 107 Å². The summed E-state index contributed by atoms with van der Waals surface area (Å²) in [5.41, 5.74) is 7.30. The van der Waals surface area contributed by atoms with Crippen molar-refractivity contribution in [1.29, 1.82) is 0 Å². The SMILES string of the molecule is C=C(CC(CCCCC)c1ccccc1C)C(C)(C)C.CC.CCC1=CC=C(O)CC1.Cc1ccccc1.O. The number of unbranched alkanes of at least 4 members (excludes halogenated alkanes) is 2. The Morgan fingerprint density at radius 3 is 1.90 bits per heavy atom. The minimum Gasteiger partial charge on any atom is -0.512 e. The van der Waals surface area contributed by atoms with Crippen molar-refractivity contribution in [2.24, 2.45) is 5.41 Å². The molecule has 0 heterocycles. The van der Waals surface area contributed by atoms with E-state index in [4.69, 9.17) is 5.11 Å². The highest BCUT2D eigenvalue weighted by Crippen LogP contribution is 2.36. The number of rotatable bonds is 8. The number of benzene rings is 2. The lowest BCUT2D eigenvalue weighted by Crippen LogP contribution is -2.12. The quantitative estimate of drug-likeness (QED) is 0.265. The molecule has 1 aliphatic rings. The summed E-state index contributed by atoms with van der Waals surface area (Å²) in [7, 11) is 0. The Bertz CT molecular complexity index is 945. The van der Waals surface area contributed by atoms with Gasteiger partial charge in [-0.05, 0) is 68.1 Å². The number of hydrogen-bond donors (Lipinski definition) is 1. The smallest absolute Gasteiger partial charge is 0.0925 e. The largest absolute Gasteiger partial charge is 0.512 e. The lowest BCUT2D eigenvalue weighted by atomic mass is 9.78. The molecule has 2 aromatic rings. The van der Waals surface area contributed by atoms with Gasteiger partial charge in [-0.1, -0.05) is 152 Å². The molecule has 0 fully saturated rings. The number of aliphatic hydroxyl groups is 1. The Labute approximate surface area is 242 Å². The molecule has 39 heavy (non-hydrogen) atoms. The zero-order valence-electron chi connectivity index (χ0n) is 26.7. The third-order valence-electron chi connectivity index (χ3n) is 6.95. The molecule has 1 aliphatic carbocycles. The van der Waals surface area contributed by atoms with E-state index < -0.39 is 0 Å². The summed E-state index contributed by atoms with van der Waals surface area (Å²) in [5.74, 6) is 1.15. The molecule has 220 valence electrons. The molecule has 0 saturated carbocycles. The monoisotopic (exact) mass is 536 g/mol. The Morgan fingerprint density at radius 2 is 1.46 bits per heavy atom. The maximum atomic E-state index is 8.94. The van der Waals surface area contributed by atoms with Gasteiger partial charge in [0.25, 0.3) is 0 Å². The van der Waals surface area contributed by atoms with Crippen LogP contribution in [-0.2, 0) is 0 Å². The van der Waals surface area contributed by atoms with Gasteiger partial charge in [0.05, 0.1) is 5.76 Å². The fraction of sp³-hybridized carbons (Fsp3) is 0.514. The van der Waals surface area contributed by atoms with E-state index in [1.807, 2.05) is 38.1 Å². The molecule has 1 unspecified atom stereocenters. The summed E-state index contributed by atoms with van der Waals surface area (Å²) in [4.78, 5) is 0. The second-order valence-electron chi connectivity index (χ2n) is 11.1. The number of aliphatic hydroxyl groups excluding tert-OH is 1. The Morgan fingerprint density at radius 1 is 0.872 bits per heavy atom. The van der Waals surface area contributed by atoms with Gasteiger partial charge in [-0.3, -0.25) is 0 Å². The molecular formula is C37H60O2. The minimum atomic E-state index is 0. The average molecular weight is 537 g/mol. The topological polar surface area (TPSA) is 51.7 Å². The highest BCUT2D eigenvalue weighted by Gasteiger charge is 2.21. The van der Waals surface area contributed by atoms with Crippen LogP contribution in [0, 0.1) is 19.3 Å². The second kappa shape index (κ2) is 22.3. The predicted octanol–water partition coefficient (Wildman–Crippen LogP) is 11.4. The van der Waals surface area contributed by atoms with Crippen molar-refractivity contribution < 1.29 is 10.6 Å². The normalized spacial score (nSPS) is 12.8. The van der Waals surface area contributed by atoms with Crippen LogP contribution in [0.2, 0.25) is 0 Å². The Hall–Kier alpha value is -2.58. The van der Waals surface area contributed by atoms with E-state index in [1.54, 1.807) is 6.08 Å². The third-order valence-corrected chi connectivity index (χ3v) is 6.95. The van der Waals surface area contributed by atoms with Gasteiger partial charge < -0.3 is 10.6 Å². The average Bonchev–Trinajstić information content (AvgIpc) is 2.91. The summed E-state index contributed by atoms with van der Waals surface area (Å²) in [6.45, 7) is 23.9. The van der Waals surface area contributed by atoms with E-state index in [-0.39, 0.29) is 10.9 Å². The van der Waals surface area contributed by atoms with Crippen LogP contribution < -0.4 is 0 Å². The van der Waals surface area contributed by atoms with E-state index in [0.29, 0.717) is 11.7 Å². The molecule has 3 N–H and O–H groups in total. The van der Waals surface area contributed by atoms with Gasteiger partial charge in [0, 0.05) is 6.42 Å². The molecule has 3 rings (SSSR count). The molecule has 0 aliphatic heterocycles. The molecule has 2 nitrogen and oxygen atoms in total. The van der Waals surface area contributed by atoms with Gasteiger partial charge in [0.2, 0.25) is 0 Å². The number of allylic oxidation sites excluding steroid dienone is 5. The number of hydrogen-bond acceptors (Lipinski definition) is 1. The van der Waals surface area contributed by atoms with Crippen LogP contribution in [0.4, 0.5) is 0 Å². The summed E-state index contributed by atoms with van der Waals surface area (Å²) >= 11 is 0. The van der Waals surface area contributed by atoms with E-state index in [9.17, 15) is 0 Å². The lowest BCUT2D eigenvalue weighted by molar-refractivity contribution is 0.385. The van der Waals surface area contributed by atoms with Crippen molar-refractivity contribution >= 4 is 0 Å². The first kappa shape index (κ1) is 38.6. The molecule has 2 heteroatoms. The molecule has 0 radical (unpaired) electrons. The van der Waals surface area contributed by atoms with Crippen LogP contribution in [0.5, 0.6) is 0 Å². The van der Waals surface area contributed by atoms with Crippen molar-refractivity contribution in [2.75, 3.05) is 0 Å². The standard InChI is InChI=1S/C20H32.C8H12O.C7H8.C2H6.H2O/c1-7-8-9-13-18(15-17(3)20(4,5)6)19-14-11-10-12-16(19)2;1-2-7-3-5-8(9)6-4-7;1-7-5-3-2-4-6-7;1-2;/h10-12,14,18H,3,7-9,13,15H2,1-2,4-6H3;3,5,9H,2,4,6H2,1H3;2-6H,1H3;1-2H3;1H2. The van der Waals surface area contributed by atoms with Crippen LogP contribution in [0.25, 0.3) is 0 Å². The van der Waals surface area contributed by atoms with Crippen LogP contribution >= 0.6 is 0 Å². The highest BCUT2D eigenvalue weighted by atomic mass is 16.3. The highest BCUT2D eigenvalue weighted by molar-refractivity contribution is 5.30. The fourth-order valence-electron chi connectivity index (χ4n) is 4.16. The summed E-state index contributed by atoms with van der Waals surface area (Å²) in [6, 6.07) is 19.1. The summed E-state index contributed by atoms with van der Waals surface area (Å²) in [5, 5.41) is 8.94. The van der Waals surface area contributed by atoms with Crippen LogP contribution in [0.15, 0.2) is 90.2 Å². The van der Waals surface area contributed by atoms with Gasteiger partial charge in [-0.2, -0.15) is 0 Å². The Kier molecular flexibility index (Phi) is 22.0. The zero-order chi connectivity index (χ0) is 29.0. The van der Waals surface area contributed by atoms with E-state index in [0.717, 1.165) is 25.7 Å². The fourth-order valence-corrected chi connectivity index (χ4v) is 4.16. The van der Waals surface area contributed by atoms with Crippen molar-refractivity contribution in [1.82, 2.24) is 0 Å². The minimum absolute atomic E-state index is 0. The van der Waals surface area contributed by atoms with Gasteiger partial charge in [0.1, 0.15) is 0 Å².